The van der Waals surface area contributed by atoms with Gasteiger partial charge < -0.3 is 9.84 Å². The van der Waals surface area contributed by atoms with Crippen molar-refractivity contribution in [1.29, 1.82) is 0 Å². The summed E-state index contributed by atoms with van der Waals surface area (Å²) in [6.07, 6.45) is 8.21. The summed E-state index contributed by atoms with van der Waals surface area (Å²) in [5.41, 5.74) is 1.57. The maximum absolute atomic E-state index is 11.2. The van der Waals surface area contributed by atoms with E-state index in [9.17, 15) is 5.11 Å². The van der Waals surface area contributed by atoms with Gasteiger partial charge in [0.2, 0.25) is 0 Å². The second kappa shape index (κ2) is 5.73. The highest BCUT2D eigenvalue weighted by Crippen LogP contribution is 2.46. The van der Waals surface area contributed by atoms with Gasteiger partial charge in [0, 0.05) is 6.61 Å². The zero-order valence-corrected chi connectivity index (χ0v) is 13.4. The molecule has 2 nitrogen and oxygen atoms in total. The fourth-order valence-corrected chi connectivity index (χ4v) is 4.41. The normalized spacial score (nSPS) is 28.2. The maximum atomic E-state index is 11.2. The summed E-state index contributed by atoms with van der Waals surface area (Å²) >= 11 is 0. The molecule has 116 valence electrons. The van der Waals surface area contributed by atoms with E-state index < -0.39 is 5.60 Å². The molecule has 2 atom stereocenters. The molecule has 0 aromatic heterocycles. The van der Waals surface area contributed by atoms with Gasteiger partial charge in [-0.15, -0.1) is 0 Å². The lowest BCUT2D eigenvalue weighted by Gasteiger charge is -2.47. The van der Waals surface area contributed by atoms with Crippen molar-refractivity contribution in [1.82, 2.24) is 0 Å². The van der Waals surface area contributed by atoms with Crippen LogP contribution in [0.5, 0.6) is 0 Å². The van der Waals surface area contributed by atoms with Gasteiger partial charge in [0.25, 0.3) is 0 Å². The van der Waals surface area contributed by atoms with Crippen molar-refractivity contribution in [3.8, 4) is 0 Å². The monoisotopic (exact) mass is 288 g/mol. The molecule has 2 fully saturated rings. The molecule has 21 heavy (non-hydrogen) atoms. The SMILES string of the molecule is Cc1ccccc1C(C)(O)C1CCOC2(CCCCC2)C1. The molecule has 1 saturated carbocycles. The minimum Gasteiger partial charge on any atom is -0.385 e. The van der Waals surface area contributed by atoms with Gasteiger partial charge in [-0.05, 0) is 56.6 Å². The van der Waals surface area contributed by atoms with Crippen LogP contribution in [-0.2, 0) is 10.3 Å². The van der Waals surface area contributed by atoms with E-state index >= 15 is 0 Å². The molecule has 1 aliphatic heterocycles. The molecular formula is C19H28O2. The predicted octanol–water partition coefficient (Wildman–Crippen LogP) is 4.33. The van der Waals surface area contributed by atoms with Gasteiger partial charge in [0.1, 0.15) is 0 Å². The molecular weight excluding hydrogens is 260 g/mol. The van der Waals surface area contributed by atoms with Crippen LogP contribution in [0.2, 0.25) is 0 Å². The Hall–Kier alpha value is -0.860. The summed E-state index contributed by atoms with van der Waals surface area (Å²) in [7, 11) is 0. The Balaban J connectivity index is 1.83. The van der Waals surface area contributed by atoms with Crippen molar-refractivity contribution in [2.24, 2.45) is 5.92 Å². The average Bonchev–Trinajstić information content (AvgIpc) is 2.48. The molecule has 1 aromatic carbocycles. The van der Waals surface area contributed by atoms with E-state index in [4.69, 9.17) is 4.74 Å². The Morgan fingerprint density at radius 2 is 1.90 bits per heavy atom. The van der Waals surface area contributed by atoms with Crippen LogP contribution in [0.25, 0.3) is 0 Å². The summed E-state index contributed by atoms with van der Waals surface area (Å²) in [4.78, 5) is 0. The third-order valence-electron chi connectivity index (χ3n) is 5.74. The number of rotatable bonds is 2. The standard InChI is InChI=1S/C19H28O2/c1-15-8-4-5-9-17(15)18(2,20)16-10-13-21-19(14-16)11-6-3-7-12-19/h4-5,8-9,16,20H,3,6-7,10-14H2,1-2H3. The molecule has 0 amide bonds. The largest absolute Gasteiger partial charge is 0.385 e. The quantitative estimate of drug-likeness (QED) is 0.877. The molecule has 2 unspecified atom stereocenters. The number of hydrogen-bond donors (Lipinski definition) is 1. The number of aryl methyl sites for hydroxylation is 1. The van der Waals surface area contributed by atoms with E-state index in [1.807, 2.05) is 19.1 Å². The summed E-state index contributed by atoms with van der Waals surface area (Å²) < 4.78 is 6.19. The lowest BCUT2D eigenvalue weighted by atomic mass is 9.69. The van der Waals surface area contributed by atoms with E-state index in [0.29, 0.717) is 5.92 Å². The molecule has 1 aliphatic carbocycles. The van der Waals surface area contributed by atoms with Gasteiger partial charge >= 0.3 is 0 Å². The first-order chi connectivity index (χ1) is 10.0. The molecule has 0 bridgehead atoms. The lowest BCUT2D eigenvalue weighted by Crippen LogP contribution is -2.47. The number of ether oxygens (including phenoxy) is 1. The molecule has 0 radical (unpaired) electrons. The van der Waals surface area contributed by atoms with E-state index in [0.717, 1.165) is 25.0 Å². The molecule has 3 rings (SSSR count). The summed E-state index contributed by atoms with van der Waals surface area (Å²) in [5, 5.41) is 11.2. The third kappa shape index (κ3) is 2.89. The van der Waals surface area contributed by atoms with Crippen LogP contribution in [0, 0.1) is 12.8 Å². The predicted molar refractivity (Wildman–Crippen MR) is 85.2 cm³/mol. The Morgan fingerprint density at radius 3 is 2.62 bits per heavy atom. The van der Waals surface area contributed by atoms with Crippen LogP contribution >= 0.6 is 0 Å². The molecule has 1 spiro atoms. The molecule has 1 aromatic rings. The fourth-order valence-electron chi connectivity index (χ4n) is 4.41. The topological polar surface area (TPSA) is 29.5 Å². The van der Waals surface area contributed by atoms with Crippen LogP contribution in [0.3, 0.4) is 0 Å². The summed E-state index contributed by atoms with van der Waals surface area (Å²) in [5.74, 6) is 0.297. The van der Waals surface area contributed by atoms with Crippen LogP contribution in [-0.4, -0.2) is 17.3 Å². The van der Waals surface area contributed by atoms with Crippen LogP contribution in [0.15, 0.2) is 24.3 Å². The van der Waals surface area contributed by atoms with Gasteiger partial charge in [-0.1, -0.05) is 43.5 Å². The first kappa shape index (κ1) is 15.1. The van der Waals surface area contributed by atoms with Gasteiger partial charge in [-0.25, -0.2) is 0 Å². The average molecular weight is 288 g/mol. The van der Waals surface area contributed by atoms with Crippen molar-refractivity contribution >= 4 is 0 Å². The van der Waals surface area contributed by atoms with E-state index in [2.05, 4.69) is 19.1 Å². The van der Waals surface area contributed by atoms with Crippen LogP contribution < -0.4 is 0 Å². The molecule has 1 N–H and O–H groups in total. The van der Waals surface area contributed by atoms with Gasteiger partial charge in [-0.3, -0.25) is 0 Å². The van der Waals surface area contributed by atoms with Gasteiger partial charge in [0.05, 0.1) is 11.2 Å². The van der Waals surface area contributed by atoms with Crippen molar-refractivity contribution in [3.05, 3.63) is 35.4 Å². The zero-order chi connectivity index (χ0) is 14.9. The van der Waals surface area contributed by atoms with E-state index in [1.165, 1.54) is 37.7 Å². The molecule has 2 heteroatoms. The Labute approximate surface area is 128 Å². The fraction of sp³-hybridized carbons (Fsp3) is 0.684. The summed E-state index contributed by atoms with van der Waals surface area (Å²) in [6.45, 7) is 4.90. The second-order valence-corrected chi connectivity index (χ2v) is 7.24. The second-order valence-electron chi connectivity index (χ2n) is 7.24. The number of hydrogen-bond acceptors (Lipinski definition) is 2. The minimum absolute atomic E-state index is 0.0494. The first-order valence-corrected chi connectivity index (χ1v) is 8.46. The lowest BCUT2D eigenvalue weighted by molar-refractivity contribution is -0.154. The Bertz CT molecular complexity index is 481. The van der Waals surface area contributed by atoms with Crippen LogP contribution in [0.1, 0.15) is 63.0 Å². The molecule has 1 heterocycles. The van der Waals surface area contributed by atoms with Crippen molar-refractivity contribution in [2.45, 2.75) is 70.0 Å². The van der Waals surface area contributed by atoms with Gasteiger partial charge in [0.15, 0.2) is 0 Å². The number of aliphatic hydroxyl groups is 1. The first-order valence-electron chi connectivity index (χ1n) is 8.46. The van der Waals surface area contributed by atoms with Crippen LogP contribution in [0.4, 0.5) is 0 Å². The molecule has 2 aliphatic rings. The smallest absolute Gasteiger partial charge is 0.0901 e. The Morgan fingerprint density at radius 1 is 1.19 bits per heavy atom. The maximum Gasteiger partial charge on any atom is 0.0901 e. The number of benzene rings is 1. The third-order valence-corrected chi connectivity index (χ3v) is 5.74. The molecule has 1 saturated heterocycles. The van der Waals surface area contributed by atoms with Crippen molar-refractivity contribution in [2.75, 3.05) is 6.61 Å². The van der Waals surface area contributed by atoms with Gasteiger partial charge in [-0.2, -0.15) is 0 Å². The van der Waals surface area contributed by atoms with E-state index in [1.54, 1.807) is 0 Å². The Kier molecular flexibility index (Phi) is 4.11. The van der Waals surface area contributed by atoms with Crippen molar-refractivity contribution in [3.63, 3.8) is 0 Å². The summed E-state index contributed by atoms with van der Waals surface area (Å²) in [6, 6.07) is 8.26. The van der Waals surface area contributed by atoms with Crippen molar-refractivity contribution < 1.29 is 9.84 Å². The van der Waals surface area contributed by atoms with E-state index in [-0.39, 0.29) is 5.60 Å². The zero-order valence-electron chi connectivity index (χ0n) is 13.4. The minimum atomic E-state index is -0.750. The highest BCUT2D eigenvalue weighted by Gasteiger charge is 2.45. The highest BCUT2D eigenvalue weighted by atomic mass is 16.5. The highest BCUT2D eigenvalue weighted by molar-refractivity contribution is 5.31.